The van der Waals surface area contributed by atoms with Crippen molar-refractivity contribution in [3.05, 3.63) is 29.6 Å². The summed E-state index contributed by atoms with van der Waals surface area (Å²) in [5.41, 5.74) is 0.853. The first-order valence-corrected chi connectivity index (χ1v) is 6.43. The first-order valence-electron chi connectivity index (χ1n) is 6.43. The van der Waals surface area contributed by atoms with Crippen molar-refractivity contribution in [2.75, 3.05) is 0 Å². The number of amides is 1. The summed E-state index contributed by atoms with van der Waals surface area (Å²) in [5.74, 6) is -0.480. The lowest BCUT2D eigenvalue weighted by molar-refractivity contribution is 0.0521. The van der Waals surface area contributed by atoms with Crippen LogP contribution in [0.3, 0.4) is 0 Å². The number of imidazole rings is 1. The summed E-state index contributed by atoms with van der Waals surface area (Å²) >= 11 is 0. The minimum atomic E-state index is -1.01. The van der Waals surface area contributed by atoms with Crippen molar-refractivity contribution in [2.24, 2.45) is 0 Å². The minimum absolute atomic E-state index is 0.167. The van der Waals surface area contributed by atoms with Crippen molar-refractivity contribution in [2.45, 2.75) is 32.9 Å². The third kappa shape index (κ3) is 3.95. The van der Waals surface area contributed by atoms with Crippen LogP contribution < -0.4 is 5.32 Å². The molecule has 3 N–H and O–H groups in total. The lowest BCUT2D eigenvalue weighted by Crippen LogP contribution is -2.32. The number of benzene rings is 1. The van der Waals surface area contributed by atoms with Gasteiger partial charge in [0.2, 0.25) is 0 Å². The Kier molecular flexibility index (Phi) is 3.84. The van der Waals surface area contributed by atoms with Crippen LogP contribution in [0.2, 0.25) is 0 Å². The highest BCUT2D eigenvalue weighted by atomic mass is 16.6. The minimum Gasteiger partial charge on any atom is -0.478 e. The van der Waals surface area contributed by atoms with E-state index in [0.717, 1.165) is 0 Å². The molecule has 0 aliphatic heterocycles. The van der Waals surface area contributed by atoms with E-state index >= 15 is 0 Å². The van der Waals surface area contributed by atoms with Crippen molar-refractivity contribution >= 4 is 23.1 Å². The zero-order valence-electron chi connectivity index (χ0n) is 12.1. The van der Waals surface area contributed by atoms with E-state index in [4.69, 9.17) is 9.84 Å². The molecule has 0 atom stereocenters. The summed E-state index contributed by atoms with van der Waals surface area (Å²) in [7, 11) is 0. The number of hydrogen-bond donors (Lipinski definition) is 3. The summed E-state index contributed by atoms with van der Waals surface area (Å²) in [6.45, 7) is 5.51. The van der Waals surface area contributed by atoms with Gasteiger partial charge in [0.05, 0.1) is 23.1 Å². The highest BCUT2D eigenvalue weighted by Crippen LogP contribution is 2.14. The smallest absolute Gasteiger partial charge is 0.408 e. The number of carbonyl (C=O) groups excluding carboxylic acids is 1. The second-order valence-electron chi connectivity index (χ2n) is 5.58. The van der Waals surface area contributed by atoms with Crippen molar-refractivity contribution in [1.29, 1.82) is 0 Å². The van der Waals surface area contributed by atoms with Crippen molar-refractivity contribution in [1.82, 2.24) is 15.3 Å². The normalized spacial score (nSPS) is 11.4. The number of hydrogen-bond acceptors (Lipinski definition) is 4. The monoisotopic (exact) mass is 291 g/mol. The number of carboxylic acid groups (broad SMARTS) is 1. The Bertz CT molecular complexity index is 685. The van der Waals surface area contributed by atoms with E-state index in [2.05, 4.69) is 15.3 Å². The molecule has 1 aromatic heterocycles. The maximum absolute atomic E-state index is 11.5. The number of carbonyl (C=O) groups is 2. The molecule has 0 aliphatic carbocycles. The fourth-order valence-electron chi connectivity index (χ4n) is 1.75. The molecule has 0 bridgehead atoms. The molecule has 0 spiro atoms. The van der Waals surface area contributed by atoms with Crippen LogP contribution in [-0.2, 0) is 11.3 Å². The fourth-order valence-corrected chi connectivity index (χ4v) is 1.75. The van der Waals surface area contributed by atoms with E-state index in [1.54, 1.807) is 26.8 Å². The van der Waals surface area contributed by atoms with E-state index in [1.807, 2.05) is 0 Å². The van der Waals surface area contributed by atoms with Gasteiger partial charge in [-0.05, 0) is 39.0 Å². The van der Waals surface area contributed by atoms with Gasteiger partial charge in [-0.2, -0.15) is 0 Å². The predicted octanol–water partition coefficient (Wildman–Crippen LogP) is 2.29. The summed E-state index contributed by atoms with van der Waals surface area (Å²) in [5, 5.41) is 11.5. The molecule has 1 aromatic carbocycles. The predicted molar refractivity (Wildman–Crippen MR) is 76.1 cm³/mol. The number of alkyl carbamates (subject to hydrolysis) is 1. The number of ether oxygens (including phenoxy) is 1. The van der Waals surface area contributed by atoms with Gasteiger partial charge in [0.25, 0.3) is 0 Å². The van der Waals surface area contributed by atoms with Crippen LogP contribution >= 0.6 is 0 Å². The second-order valence-corrected chi connectivity index (χ2v) is 5.58. The molecule has 0 aliphatic rings. The molecule has 21 heavy (non-hydrogen) atoms. The molecule has 1 amide bonds. The van der Waals surface area contributed by atoms with E-state index in [-0.39, 0.29) is 12.1 Å². The van der Waals surface area contributed by atoms with E-state index in [0.29, 0.717) is 16.9 Å². The molecular formula is C14H17N3O4. The number of H-pyrrole nitrogens is 1. The Labute approximate surface area is 121 Å². The molecule has 7 heteroatoms. The van der Waals surface area contributed by atoms with Crippen LogP contribution in [0.5, 0.6) is 0 Å². The van der Waals surface area contributed by atoms with Crippen LogP contribution in [0.1, 0.15) is 37.0 Å². The van der Waals surface area contributed by atoms with Gasteiger partial charge in [-0.25, -0.2) is 14.6 Å². The summed E-state index contributed by atoms with van der Waals surface area (Å²) < 4.78 is 5.11. The quantitative estimate of drug-likeness (QED) is 0.804. The van der Waals surface area contributed by atoms with Gasteiger partial charge >= 0.3 is 12.1 Å². The fraction of sp³-hybridized carbons (Fsp3) is 0.357. The van der Waals surface area contributed by atoms with Crippen molar-refractivity contribution < 1.29 is 19.4 Å². The third-order valence-electron chi connectivity index (χ3n) is 2.58. The number of aromatic amines is 1. The van der Waals surface area contributed by atoms with Gasteiger partial charge < -0.3 is 20.1 Å². The van der Waals surface area contributed by atoms with Crippen LogP contribution in [0.4, 0.5) is 4.79 Å². The highest BCUT2D eigenvalue weighted by Gasteiger charge is 2.16. The molecule has 2 aromatic rings. The molecule has 0 radical (unpaired) electrons. The molecule has 0 unspecified atom stereocenters. The van der Waals surface area contributed by atoms with Crippen LogP contribution in [-0.4, -0.2) is 32.7 Å². The van der Waals surface area contributed by atoms with Crippen LogP contribution in [0.25, 0.3) is 11.0 Å². The maximum Gasteiger partial charge on any atom is 0.408 e. The number of rotatable bonds is 3. The maximum atomic E-state index is 11.5. The topological polar surface area (TPSA) is 104 Å². The third-order valence-corrected chi connectivity index (χ3v) is 2.58. The summed E-state index contributed by atoms with van der Waals surface area (Å²) in [6, 6.07) is 4.61. The van der Waals surface area contributed by atoms with E-state index in [9.17, 15) is 9.59 Å². The second kappa shape index (κ2) is 5.43. The van der Waals surface area contributed by atoms with Gasteiger partial charge in [-0.3, -0.25) is 0 Å². The number of aromatic nitrogens is 2. The summed E-state index contributed by atoms with van der Waals surface area (Å²) in [6.07, 6.45) is -0.533. The van der Waals surface area contributed by atoms with Gasteiger partial charge in [0, 0.05) is 0 Å². The number of nitrogens with zero attached hydrogens (tertiary/aromatic N) is 1. The van der Waals surface area contributed by atoms with Crippen molar-refractivity contribution in [3.63, 3.8) is 0 Å². The van der Waals surface area contributed by atoms with Gasteiger partial charge in [0.15, 0.2) is 0 Å². The Hall–Kier alpha value is -2.57. The van der Waals surface area contributed by atoms with E-state index in [1.165, 1.54) is 12.1 Å². The first-order chi connectivity index (χ1) is 9.74. The van der Waals surface area contributed by atoms with Crippen molar-refractivity contribution in [3.8, 4) is 0 Å². The number of fused-ring (bicyclic) bond motifs is 1. The standard InChI is InChI=1S/C14H17N3O4/c1-14(2,3)21-13(20)15-7-11-16-9-5-4-8(12(18)19)6-10(9)17-11/h4-6H,7H2,1-3H3,(H,15,20)(H,16,17)(H,18,19). The van der Waals surface area contributed by atoms with Crippen LogP contribution in [0, 0.1) is 0 Å². The first kappa shape index (κ1) is 14.8. The zero-order chi connectivity index (χ0) is 15.6. The van der Waals surface area contributed by atoms with E-state index < -0.39 is 17.7 Å². The number of carboxylic acids is 1. The Morgan fingerprint density at radius 1 is 1.38 bits per heavy atom. The molecule has 1 heterocycles. The average Bonchev–Trinajstić information content (AvgIpc) is 2.75. The molecule has 2 rings (SSSR count). The molecule has 112 valence electrons. The lowest BCUT2D eigenvalue weighted by atomic mass is 10.2. The number of nitrogens with one attached hydrogen (secondary N) is 2. The SMILES string of the molecule is CC(C)(C)OC(=O)NCc1nc2cc(C(=O)O)ccc2[nH]1. The molecular weight excluding hydrogens is 274 g/mol. The molecule has 7 nitrogen and oxygen atoms in total. The van der Waals surface area contributed by atoms with Crippen LogP contribution in [0.15, 0.2) is 18.2 Å². The Balaban J connectivity index is 2.06. The largest absolute Gasteiger partial charge is 0.478 e. The molecule has 0 saturated heterocycles. The Morgan fingerprint density at radius 3 is 2.71 bits per heavy atom. The zero-order valence-corrected chi connectivity index (χ0v) is 12.1. The summed E-state index contributed by atoms with van der Waals surface area (Å²) in [4.78, 5) is 29.7. The average molecular weight is 291 g/mol. The Morgan fingerprint density at radius 2 is 2.10 bits per heavy atom. The van der Waals surface area contributed by atoms with Gasteiger partial charge in [-0.1, -0.05) is 0 Å². The lowest BCUT2D eigenvalue weighted by Gasteiger charge is -2.19. The highest BCUT2D eigenvalue weighted by molar-refractivity contribution is 5.92. The number of aromatic carboxylic acids is 1. The van der Waals surface area contributed by atoms with Gasteiger partial charge in [0.1, 0.15) is 11.4 Å². The van der Waals surface area contributed by atoms with Gasteiger partial charge in [-0.15, -0.1) is 0 Å². The molecule has 0 saturated carbocycles. The molecule has 0 fully saturated rings.